The van der Waals surface area contributed by atoms with Crippen LogP contribution in [0.25, 0.3) is 0 Å². The zero-order valence-electron chi connectivity index (χ0n) is 6.04. The van der Waals surface area contributed by atoms with E-state index < -0.39 is 0 Å². The lowest BCUT2D eigenvalue weighted by atomic mass is 10.5. The van der Waals surface area contributed by atoms with Crippen molar-refractivity contribution in [2.45, 2.75) is 11.8 Å². The molecule has 0 aliphatic carbocycles. The summed E-state index contributed by atoms with van der Waals surface area (Å²) in [5.41, 5.74) is 0. The molecule has 11 heavy (non-hydrogen) atoms. The molecule has 2 nitrogen and oxygen atoms in total. The van der Waals surface area contributed by atoms with E-state index in [4.69, 9.17) is 16.3 Å². The van der Waals surface area contributed by atoms with Gasteiger partial charge in [0, 0.05) is 6.20 Å². The molecule has 0 atom stereocenters. The molecule has 0 unspecified atom stereocenters. The molecule has 1 heterocycles. The number of rotatable bonds is 2. The fourth-order valence-electron chi connectivity index (χ4n) is 0.664. The van der Waals surface area contributed by atoms with Gasteiger partial charge in [-0.1, -0.05) is 11.6 Å². The Morgan fingerprint density at radius 1 is 1.73 bits per heavy atom. The van der Waals surface area contributed by atoms with E-state index in [2.05, 4.69) is 17.6 Å². The molecule has 0 fully saturated rings. The van der Waals surface area contributed by atoms with Gasteiger partial charge in [-0.3, -0.25) is 0 Å². The second-order valence-corrected chi connectivity index (χ2v) is 2.83. The molecule has 4 heteroatoms. The number of hydrogen-bond donors (Lipinski definition) is 1. The average Bonchev–Trinajstić information content (AvgIpc) is 1.95. The van der Waals surface area contributed by atoms with Crippen LogP contribution in [-0.2, 0) is 0 Å². The van der Waals surface area contributed by atoms with Gasteiger partial charge >= 0.3 is 0 Å². The van der Waals surface area contributed by atoms with Gasteiger partial charge in [-0.2, -0.15) is 0 Å². The van der Waals surface area contributed by atoms with Crippen LogP contribution in [0.3, 0.4) is 0 Å². The number of thiol groups is 1. The highest BCUT2D eigenvalue weighted by Gasteiger charge is 2.00. The van der Waals surface area contributed by atoms with Gasteiger partial charge in [0.15, 0.2) is 0 Å². The van der Waals surface area contributed by atoms with E-state index in [1.165, 1.54) is 6.20 Å². The Morgan fingerprint density at radius 2 is 2.45 bits per heavy atom. The fraction of sp³-hybridized carbons (Fsp3) is 0.286. The maximum absolute atomic E-state index is 5.65. The van der Waals surface area contributed by atoms with Crippen molar-refractivity contribution < 1.29 is 4.74 Å². The average molecular weight is 190 g/mol. The second-order valence-electron chi connectivity index (χ2n) is 1.91. The fourth-order valence-corrected chi connectivity index (χ4v) is 1.16. The number of nitrogens with zero attached hydrogens (tertiary/aromatic N) is 1. The zero-order chi connectivity index (χ0) is 8.27. The summed E-state index contributed by atoms with van der Waals surface area (Å²) in [5.74, 6) is 0.528. The summed E-state index contributed by atoms with van der Waals surface area (Å²) in [6.07, 6.45) is 1.53. The molecule has 0 bridgehead atoms. The van der Waals surface area contributed by atoms with Crippen LogP contribution in [0.1, 0.15) is 6.92 Å². The first-order valence-corrected chi connectivity index (χ1v) is 4.04. The largest absolute Gasteiger partial charge is 0.477 e. The minimum absolute atomic E-state index is 0.528. The van der Waals surface area contributed by atoms with Crippen LogP contribution in [0.4, 0.5) is 0 Å². The SMILES string of the molecule is CCOc1ncc(Cl)cc1S. The van der Waals surface area contributed by atoms with Gasteiger partial charge in [0.2, 0.25) is 5.88 Å². The summed E-state index contributed by atoms with van der Waals surface area (Å²) in [5, 5.41) is 0.568. The minimum atomic E-state index is 0.528. The Balaban J connectivity index is 2.90. The van der Waals surface area contributed by atoms with Crippen LogP contribution in [0, 0.1) is 0 Å². The molecule has 0 N–H and O–H groups in total. The van der Waals surface area contributed by atoms with Crippen molar-refractivity contribution in [2.24, 2.45) is 0 Å². The molecule has 0 saturated carbocycles. The Labute approximate surface area is 76.0 Å². The van der Waals surface area contributed by atoms with Gasteiger partial charge in [-0.15, -0.1) is 12.6 Å². The summed E-state index contributed by atoms with van der Waals surface area (Å²) < 4.78 is 5.15. The van der Waals surface area contributed by atoms with Crippen molar-refractivity contribution in [2.75, 3.05) is 6.61 Å². The molecule has 0 radical (unpaired) electrons. The molecular formula is C7H8ClNOS. The Morgan fingerprint density at radius 3 is 3.00 bits per heavy atom. The van der Waals surface area contributed by atoms with Crippen molar-refractivity contribution in [1.29, 1.82) is 0 Å². The van der Waals surface area contributed by atoms with Crippen LogP contribution in [0.5, 0.6) is 5.88 Å². The highest BCUT2D eigenvalue weighted by atomic mass is 35.5. The topological polar surface area (TPSA) is 22.1 Å². The van der Waals surface area contributed by atoms with Crippen LogP contribution < -0.4 is 4.74 Å². The standard InChI is InChI=1S/C7H8ClNOS/c1-2-10-7-6(11)3-5(8)4-9-7/h3-4,11H,2H2,1H3. The molecule has 0 amide bonds. The molecule has 0 spiro atoms. The quantitative estimate of drug-likeness (QED) is 0.722. The first-order valence-electron chi connectivity index (χ1n) is 3.21. The molecule has 0 saturated heterocycles. The van der Waals surface area contributed by atoms with Crippen molar-refractivity contribution in [1.82, 2.24) is 4.98 Å². The van der Waals surface area contributed by atoms with Crippen LogP contribution >= 0.6 is 24.2 Å². The van der Waals surface area contributed by atoms with Crippen molar-refractivity contribution >= 4 is 24.2 Å². The Kier molecular flexibility index (Phi) is 3.02. The van der Waals surface area contributed by atoms with E-state index >= 15 is 0 Å². The van der Waals surface area contributed by atoms with Gasteiger partial charge in [0.25, 0.3) is 0 Å². The van der Waals surface area contributed by atoms with E-state index in [0.717, 1.165) is 0 Å². The lowest BCUT2D eigenvalue weighted by molar-refractivity contribution is 0.318. The number of aromatic nitrogens is 1. The van der Waals surface area contributed by atoms with Gasteiger partial charge in [0.05, 0.1) is 16.5 Å². The number of ether oxygens (including phenoxy) is 1. The second kappa shape index (κ2) is 3.83. The first kappa shape index (κ1) is 8.68. The lowest BCUT2D eigenvalue weighted by Crippen LogP contribution is -1.94. The minimum Gasteiger partial charge on any atom is -0.477 e. The summed E-state index contributed by atoms with van der Waals surface area (Å²) >= 11 is 9.78. The zero-order valence-corrected chi connectivity index (χ0v) is 7.69. The highest BCUT2D eigenvalue weighted by molar-refractivity contribution is 7.80. The normalized spacial score (nSPS) is 9.73. The van der Waals surface area contributed by atoms with Gasteiger partial charge in [-0.25, -0.2) is 4.98 Å². The predicted molar refractivity (Wildman–Crippen MR) is 47.7 cm³/mol. The van der Waals surface area contributed by atoms with E-state index in [0.29, 0.717) is 22.4 Å². The molecule has 60 valence electrons. The van der Waals surface area contributed by atoms with Crippen molar-refractivity contribution in [3.05, 3.63) is 17.3 Å². The van der Waals surface area contributed by atoms with Gasteiger partial charge in [0.1, 0.15) is 0 Å². The lowest BCUT2D eigenvalue weighted by Gasteiger charge is -2.03. The van der Waals surface area contributed by atoms with Crippen molar-refractivity contribution in [3.8, 4) is 5.88 Å². The molecule has 1 aromatic heterocycles. The highest BCUT2D eigenvalue weighted by Crippen LogP contribution is 2.22. The smallest absolute Gasteiger partial charge is 0.227 e. The van der Waals surface area contributed by atoms with Crippen LogP contribution in [-0.4, -0.2) is 11.6 Å². The van der Waals surface area contributed by atoms with E-state index in [-0.39, 0.29) is 0 Å². The maximum Gasteiger partial charge on any atom is 0.227 e. The predicted octanol–water partition coefficient (Wildman–Crippen LogP) is 2.42. The molecule has 0 aliphatic rings. The molecule has 1 aromatic rings. The Hall–Kier alpha value is -0.410. The third kappa shape index (κ3) is 2.27. The van der Waals surface area contributed by atoms with Gasteiger partial charge in [-0.05, 0) is 13.0 Å². The van der Waals surface area contributed by atoms with Gasteiger partial charge < -0.3 is 4.74 Å². The first-order chi connectivity index (χ1) is 5.24. The molecule has 0 aromatic carbocycles. The van der Waals surface area contributed by atoms with E-state index in [1.807, 2.05) is 6.92 Å². The van der Waals surface area contributed by atoms with E-state index in [1.54, 1.807) is 6.07 Å². The third-order valence-corrected chi connectivity index (χ3v) is 1.61. The third-order valence-electron chi connectivity index (χ3n) is 1.08. The Bertz CT molecular complexity index is 254. The number of halogens is 1. The molecule has 1 rings (SSSR count). The van der Waals surface area contributed by atoms with Crippen molar-refractivity contribution in [3.63, 3.8) is 0 Å². The molecular weight excluding hydrogens is 182 g/mol. The monoisotopic (exact) mass is 189 g/mol. The summed E-state index contributed by atoms with van der Waals surface area (Å²) in [7, 11) is 0. The van der Waals surface area contributed by atoms with Crippen LogP contribution in [0.2, 0.25) is 5.02 Å². The molecule has 0 aliphatic heterocycles. The number of pyridine rings is 1. The summed E-state index contributed by atoms with van der Waals surface area (Å²) in [4.78, 5) is 4.60. The maximum atomic E-state index is 5.65. The number of hydrogen-bond acceptors (Lipinski definition) is 3. The van der Waals surface area contributed by atoms with E-state index in [9.17, 15) is 0 Å². The summed E-state index contributed by atoms with van der Waals surface area (Å²) in [6, 6.07) is 1.70. The summed E-state index contributed by atoms with van der Waals surface area (Å²) in [6.45, 7) is 2.48. The van der Waals surface area contributed by atoms with Crippen LogP contribution in [0.15, 0.2) is 17.2 Å².